The van der Waals surface area contributed by atoms with Crippen molar-refractivity contribution < 1.29 is 9.84 Å². The van der Waals surface area contributed by atoms with E-state index < -0.39 is 5.60 Å². The maximum atomic E-state index is 10.1. The molecule has 3 rings (SSSR count). The fraction of sp³-hybridized carbons (Fsp3) is 0.600. The maximum absolute atomic E-state index is 10.1. The van der Waals surface area contributed by atoms with E-state index in [1.54, 1.807) is 0 Å². The third-order valence-corrected chi connectivity index (χ3v) is 4.83. The molecular formula is C15H20O2S. The molecule has 0 amide bonds. The summed E-state index contributed by atoms with van der Waals surface area (Å²) in [5.74, 6) is 3.39. The van der Waals surface area contributed by atoms with Crippen LogP contribution in [0.25, 0.3) is 0 Å². The molecule has 18 heavy (non-hydrogen) atoms. The third kappa shape index (κ3) is 3.01. The molecular weight excluding hydrogens is 244 g/mol. The van der Waals surface area contributed by atoms with Crippen molar-refractivity contribution in [3.05, 3.63) is 29.8 Å². The monoisotopic (exact) mass is 264 g/mol. The molecule has 1 N–H and O–H groups in total. The van der Waals surface area contributed by atoms with Gasteiger partial charge in [-0.25, -0.2) is 0 Å². The van der Waals surface area contributed by atoms with Crippen molar-refractivity contribution >= 4 is 11.8 Å². The number of hydrogen-bond donors (Lipinski definition) is 1. The molecule has 2 aliphatic rings. The first-order valence-corrected chi connectivity index (χ1v) is 7.95. The molecule has 1 aliphatic heterocycles. The molecule has 1 aliphatic carbocycles. The molecule has 2 nitrogen and oxygen atoms in total. The molecule has 1 aromatic rings. The van der Waals surface area contributed by atoms with E-state index in [9.17, 15) is 5.11 Å². The minimum absolute atomic E-state index is 0.362. The number of thioether (sulfide) groups is 1. The summed E-state index contributed by atoms with van der Waals surface area (Å²) in [5.41, 5.74) is 0.720. The number of aliphatic hydroxyl groups is 1. The lowest BCUT2D eigenvalue weighted by molar-refractivity contribution is 0.146. The van der Waals surface area contributed by atoms with Crippen LogP contribution >= 0.6 is 11.8 Å². The molecule has 98 valence electrons. The Kier molecular flexibility index (Phi) is 3.53. The van der Waals surface area contributed by atoms with Gasteiger partial charge in [0.2, 0.25) is 0 Å². The molecule has 1 aromatic carbocycles. The van der Waals surface area contributed by atoms with Crippen molar-refractivity contribution in [2.75, 3.05) is 11.5 Å². The highest BCUT2D eigenvalue weighted by Crippen LogP contribution is 2.40. The molecule has 1 saturated heterocycles. The summed E-state index contributed by atoms with van der Waals surface area (Å²) in [6.45, 7) is 0. The summed E-state index contributed by atoms with van der Waals surface area (Å²) in [6, 6.07) is 8.18. The number of ether oxygens (including phenoxy) is 1. The number of hydrogen-bond acceptors (Lipinski definition) is 3. The standard InChI is InChI=1S/C15H20O2S/c16-15(7-8-15)11-12-3-1-2-4-14(12)17-13-5-9-18-10-6-13/h1-4,13,16H,5-11H2. The zero-order valence-corrected chi connectivity index (χ0v) is 11.4. The van der Waals surface area contributed by atoms with Crippen LogP contribution in [-0.4, -0.2) is 28.3 Å². The van der Waals surface area contributed by atoms with E-state index in [-0.39, 0.29) is 0 Å². The Morgan fingerprint density at radius 1 is 1.22 bits per heavy atom. The fourth-order valence-electron chi connectivity index (χ4n) is 2.41. The molecule has 0 aromatic heterocycles. The Labute approximate surface area is 113 Å². The second-order valence-electron chi connectivity index (χ2n) is 5.44. The smallest absolute Gasteiger partial charge is 0.123 e. The molecule has 3 heteroatoms. The van der Waals surface area contributed by atoms with Crippen molar-refractivity contribution in [2.45, 2.75) is 43.8 Å². The summed E-state index contributed by atoms with van der Waals surface area (Å²) in [7, 11) is 0. The SMILES string of the molecule is OC1(Cc2ccccc2OC2CCSCC2)CC1. The van der Waals surface area contributed by atoms with Gasteiger partial charge in [-0.15, -0.1) is 0 Å². The van der Waals surface area contributed by atoms with Crippen molar-refractivity contribution in [3.8, 4) is 5.75 Å². The van der Waals surface area contributed by atoms with Crippen LogP contribution in [0.1, 0.15) is 31.2 Å². The normalized spacial score (nSPS) is 22.7. The molecule has 0 unspecified atom stereocenters. The zero-order chi connectivity index (χ0) is 12.4. The van der Waals surface area contributed by atoms with E-state index in [0.717, 1.165) is 43.4 Å². The van der Waals surface area contributed by atoms with E-state index in [1.807, 2.05) is 30.0 Å². The molecule has 0 spiro atoms. The van der Waals surface area contributed by atoms with E-state index in [2.05, 4.69) is 6.07 Å². The van der Waals surface area contributed by atoms with Gasteiger partial charge in [0.15, 0.2) is 0 Å². The Morgan fingerprint density at radius 3 is 2.67 bits per heavy atom. The first kappa shape index (κ1) is 12.4. The molecule has 0 atom stereocenters. The summed E-state index contributed by atoms with van der Waals surface area (Å²) in [4.78, 5) is 0. The lowest BCUT2D eigenvalue weighted by Gasteiger charge is -2.24. The van der Waals surface area contributed by atoms with Crippen molar-refractivity contribution in [1.29, 1.82) is 0 Å². The van der Waals surface area contributed by atoms with Gasteiger partial charge < -0.3 is 9.84 Å². The van der Waals surface area contributed by atoms with Gasteiger partial charge in [0, 0.05) is 6.42 Å². The van der Waals surface area contributed by atoms with Crippen LogP contribution < -0.4 is 4.74 Å². The Morgan fingerprint density at radius 2 is 1.94 bits per heavy atom. The highest BCUT2D eigenvalue weighted by atomic mass is 32.2. The van der Waals surface area contributed by atoms with Gasteiger partial charge in [-0.1, -0.05) is 18.2 Å². The molecule has 0 radical (unpaired) electrons. The molecule has 2 fully saturated rings. The second-order valence-corrected chi connectivity index (χ2v) is 6.66. The van der Waals surface area contributed by atoms with Crippen LogP contribution in [0, 0.1) is 0 Å². The second kappa shape index (κ2) is 5.14. The summed E-state index contributed by atoms with van der Waals surface area (Å²) < 4.78 is 6.14. The van der Waals surface area contributed by atoms with Crippen molar-refractivity contribution in [3.63, 3.8) is 0 Å². The van der Waals surface area contributed by atoms with Gasteiger partial charge in [0.1, 0.15) is 11.9 Å². The summed E-state index contributed by atoms with van der Waals surface area (Å²) in [6.07, 6.45) is 5.25. The maximum Gasteiger partial charge on any atom is 0.123 e. The first-order chi connectivity index (χ1) is 8.75. The quantitative estimate of drug-likeness (QED) is 0.906. The average Bonchev–Trinajstić information content (AvgIpc) is 3.11. The molecule has 1 heterocycles. The topological polar surface area (TPSA) is 29.5 Å². The van der Waals surface area contributed by atoms with Crippen LogP contribution in [0.2, 0.25) is 0 Å². The van der Waals surface area contributed by atoms with Gasteiger partial charge in [0.25, 0.3) is 0 Å². The largest absolute Gasteiger partial charge is 0.490 e. The fourth-order valence-corrected chi connectivity index (χ4v) is 3.48. The van der Waals surface area contributed by atoms with Crippen molar-refractivity contribution in [2.24, 2.45) is 0 Å². The first-order valence-electron chi connectivity index (χ1n) is 6.80. The summed E-state index contributed by atoms with van der Waals surface area (Å²) >= 11 is 2.01. The lowest BCUT2D eigenvalue weighted by Crippen LogP contribution is -2.23. The van der Waals surface area contributed by atoms with Gasteiger partial charge in [-0.2, -0.15) is 11.8 Å². The number of benzene rings is 1. The van der Waals surface area contributed by atoms with Gasteiger partial charge in [-0.3, -0.25) is 0 Å². The van der Waals surface area contributed by atoms with Crippen molar-refractivity contribution in [1.82, 2.24) is 0 Å². The molecule has 1 saturated carbocycles. The number of para-hydroxylation sites is 1. The highest BCUT2D eigenvalue weighted by Gasteiger charge is 2.40. The predicted octanol–water partition coefficient (Wildman–Crippen LogP) is 3.03. The summed E-state index contributed by atoms with van der Waals surface area (Å²) in [5, 5.41) is 10.1. The van der Waals surface area contributed by atoms with Gasteiger partial charge >= 0.3 is 0 Å². The predicted molar refractivity (Wildman–Crippen MR) is 75.3 cm³/mol. The van der Waals surface area contributed by atoms with E-state index in [0.29, 0.717) is 6.10 Å². The minimum atomic E-state index is -0.443. The third-order valence-electron chi connectivity index (χ3n) is 3.78. The van der Waals surface area contributed by atoms with E-state index in [1.165, 1.54) is 11.5 Å². The Hall–Kier alpha value is -0.670. The van der Waals surface area contributed by atoms with Crippen LogP contribution in [0.4, 0.5) is 0 Å². The van der Waals surface area contributed by atoms with Gasteiger partial charge in [-0.05, 0) is 48.8 Å². The molecule has 0 bridgehead atoms. The highest BCUT2D eigenvalue weighted by molar-refractivity contribution is 7.99. The zero-order valence-electron chi connectivity index (χ0n) is 10.6. The van der Waals surface area contributed by atoms with Crippen LogP contribution in [-0.2, 0) is 6.42 Å². The van der Waals surface area contributed by atoms with Gasteiger partial charge in [0.05, 0.1) is 5.60 Å². The Bertz CT molecular complexity index is 409. The minimum Gasteiger partial charge on any atom is -0.490 e. The van der Waals surface area contributed by atoms with E-state index in [4.69, 9.17) is 4.74 Å². The number of rotatable bonds is 4. The van der Waals surface area contributed by atoms with E-state index >= 15 is 0 Å². The van der Waals surface area contributed by atoms with Crippen LogP contribution in [0.5, 0.6) is 5.75 Å². The van der Waals surface area contributed by atoms with Crippen LogP contribution in [0.3, 0.4) is 0 Å². The lowest BCUT2D eigenvalue weighted by atomic mass is 10.1. The Balaban J connectivity index is 1.69. The van der Waals surface area contributed by atoms with Crippen LogP contribution in [0.15, 0.2) is 24.3 Å². The average molecular weight is 264 g/mol.